The Hall–Kier alpha value is -0.540. The maximum absolute atomic E-state index is 9.93. The molecule has 88 valence electrons. The van der Waals surface area contributed by atoms with Gasteiger partial charge in [-0.1, -0.05) is 0 Å². The highest BCUT2D eigenvalue weighted by atomic mass is 79.9. The Morgan fingerprint density at radius 2 is 1.75 bits per heavy atom. The van der Waals surface area contributed by atoms with Gasteiger partial charge in [-0.3, -0.25) is 0 Å². The van der Waals surface area contributed by atoms with Crippen molar-refractivity contribution < 1.29 is 5.11 Å². The van der Waals surface area contributed by atoms with Crippen LogP contribution in [0.4, 0.5) is 0 Å². The van der Waals surface area contributed by atoms with Gasteiger partial charge in [-0.25, -0.2) is 0 Å². The Morgan fingerprint density at radius 3 is 2.25 bits per heavy atom. The first-order valence-electron chi connectivity index (χ1n) is 5.62. The molecule has 3 N–H and O–H groups in total. The highest BCUT2D eigenvalue weighted by molar-refractivity contribution is 9.10. The molecule has 0 bridgehead atoms. The van der Waals surface area contributed by atoms with Crippen LogP contribution in [0.15, 0.2) is 4.47 Å². The van der Waals surface area contributed by atoms with Gasteiger partial charge in [0.05, 0.1) is 4.47 Å². The molecule has 1 aliphatic rings. The molecule has 0 unspecified atom stereocenters. The van der Waals surface area contributed by atoms with Crippen molar-refractivity contribution in [1.29, 1.82) is 0 Å². The zero-order valence-corrected chi connectivity index (χ0v) is 11.6. The number of aromatic hydroxyl groups is 1. The maximum Gasteiger partial charge on any atom is 0.133 e. The topological polar surface area (TPSA) is 46.2 Å². The molecule has 1 aromatic carbocycles. The lowest BCUT2D eigenvalue weighted by atomic mass is 9.92. The summed E-state index contributed by atoms with van der Waals surface area (Å²) < 4.78 is 0.815. The number of phenols is 1. The summed E-state index contributed by atoms with van der Waals surface area (Å²) in [6.45, 7) is 6.06. The molecule has 0 aliphatic heterocycles. The van der Waals surface area contributed by atoms with Crippen molar-refractivity contribution in [2.24, 2.45) is 5.73 Å². The van der Waals surface area contributed by atoms with Crippen LogP contribution in [0.2, 0.25) is 0 Å². The molecule has 2 nitrogen and oxygen atoms in total. The smallest absolute Gasteiger partial charge is 0.133 e. The molecule has 0 saturated heterocycles. The van der Waals surface area contributed by atoms with E-state index in [4.69, 9.17) is 5.73 Å². The third kappa shape index (κ3) is 1.87. The monoisotopic (exact) mass is 283 g/mol. The van der Waals surface area contributed by atoms with E-state index in [1.54, 1.807) is 0 Å². The lowest BCUT2D eigenvalue weighted by molar-refractivity contribution is 0.465. The molecule has 3 heteroatoms. The fraction of sp³-hybridized carbons (Fsp3) is 0.538. The third-order valence-electron chi connectivity index (χ3n) is 3.78. The van der Waals surface area contributed by atoms with Crippen molar-refractivity contribution in [3.05, 3.63) is 26.7 Å². The van der Waals surface area contributed by atoms with Crippen LogP contribution in [-0.4, -0.2) is 10.6 Å². The van der Waals surface area contributed by atoms with Crippen LogP contribution in [0.25, 0.3) is 0 Å². The third-order valence-corrected chi connectivity index (χ3v) is 4.75. The predicted octanol–water partition coefficient (Wildman–Crippen LogP) is 3.11. The second-order valence-corrected chi connectivity index (χ2v) is 5.85. The molecule has 1 saturated carbocycles. The highest BCUT2D eigenvalue weighted by Crippen LogP contribution is 2.41. The summed E-state index contributed by atoms with van der Waals surface area (Å²) in [4.78, 5) is 0. The van der Waals surface area contributed by atoms with Crippen molar-refractivity contribution in [3.8, 4) is 5.75 Å². The minimum Gasteiger partial charge on any atom is -0.506 e. The first kappa shape index (κ1) is 11.9. The Kier molecular flexibility index (Phi) is 2.79. The number of rotatable bonds is 2. The van der Waals surface area contributed by atoms with Gasteiger partial charge in [0.15, 0.2) is 0 Å². The molecule has 0 atom stereocenters. The largest absolute Gasteiger partial charge is 0.506 e. The average molecular weight is 284 g/mol. The van der Waals surface area contributed by atoms with Gasteiger partial charge in [-0.2, -0.15) is 0 Å². The van der Waals surface area contributed by atoms with Gasteiger partial charge in [0.25, 0.3) is 0 Å². The molecular formula is C13H18BrNO. The number of halogens is 1. The van der Waals surface area contributed by atoms with Crippen LogP contribution in [0, 0.1) is 20.8 Å². The summed E-state index contributed by atoms with van der Waals surface area (Å²) in [6, 6.07) is 0. The van der Waals surface area contributed by atoms with Crippen LogP contribution in [0.1, 0.15) is 35.1 Å². The fourth-order valence-corrected chi connectivity index (χ4v) is 2.65. The number of hydrogen-bond donors (Lipinski definition) is 2. The summed E-state index contributed by atoms with van der Waals surface area (Å²) in [5.41, 5.74) is 10.7. The lowest BCUT2D eigenvalue weighted by Gasteiger charge is -2.19. The molecule has 0 aromatic heterocycles. The number of benzene rings is 1. The molecule has 0 spiro atoms. The van der Waals surface area contributed by atoms with Crippen LogP contribution in [0.5, 0.6) is 5.75 Å². The van der Waals surface area contributed by atoms with Gasteiger partial charge in [0.2, 0.25) is 0 Å². The van der Waals surface area contributed by atoms with Crippen molar-refractivity contribution in [3.63, 3.8) is 0 Å². The molecular weight excluding hydrogens is 266 g/mol. The first-order valence-corrected chi connectivity index (χ1v) is 6.41. The van der Waals surface area contributed by atoms with Crippen LogP contribution in [-0.2, 0) is 6.42 Å². The van der Waals surface area contributed by atoms with E-state index in [0.717, 1.165) is 34.9 Å². The standard InChI is InChI=1S/C13H18BrNO/c1-7-8(2)12(16)11(14)9(3)10(7)6-13(15)4-5-13/h16H,4-6,15H2,1-3H3. The van der Waals surface area contributed by atoms with Gasteiger partial charge in [0, 0.05) is 5.54 Å². The van der Waals surface area contributed by atoms with Crippen LogP contribution < -0.4 is 5.73 Å². The van der Waals surface area contributed by atoms with E-state index >= 15 is 0 Å². The molecule has 2 rings (SSSR count). The normalized spacial score (nSPS) is 17.6. The molecule has 1 aromatic rings. The lowest BCUT2D eigenvalue weighted by Crippen LogP contribution is -2.25. The van der Waals surface area contributed by atoms with Gasteiger partial charge < -0.3 is 10.8 Å². The van der Waals surface area contributed by atoms with Crippen LogP contribution in [0.3, 0.4) is 0 Å². The zero-order valence-electron chi connectivity index (χ0n) is 10.0. The van der Waals surface area contributed by atoms with Gasteiger partial charge >= 0.3 is 0 Å². The summed E-state index contributed by atoms with van der Waals surface area (Å²) in [5, 5.41) is 9.93. The minimum atomic E-state index is 0.0123. The van der Waals surface area contributed by atoms with Crippen LogP contribution >= 0.6 is 15.9 Å². The maximum atomic E-state index is 9.93. The summed E-state index contributed by atoms with van der Waals surface area (Å²) in [5.74, 6) is 0.362. The van der Waals surface area contributed by atoms with Crippen molar-refractivity contribution in [2.45, 2.75) is 45.6 Å². The zero-order chi connectivity index (χ0) is 12.1. The van der Waals surface area contributed by atoms with E-state index in [0.29, 0.717) is 5.75 Å². The summed E-state index contributed by atoms with van der Waals surface area (Å²) in [7, 11) is 0. The Balaban J connectivity index is 2.51. The second kappa shape index (κ2) is 3.74. The Labute approximate surface area is 105 Å². The molecule has 0 heterocycles. The van der Waals surface area contributed by atoms with Crippen molar-refractivity contribution in [2.75, 3.05) is 0 Å². The molecule has 0 radical (unpaired) electrons. The summed E-state index contributed by atoms with van der Waals surface area (Å²) >= 11 is 3.45. The minimum absolute atomic E-state index is 0.0123. The number of nitrogens with two attached hydrogens (primary N) is 1. The molecule has 0 amide bonds. The fourth-order valence-electron chi connectivity index (χ4n) is 2.11. The van der Waals surface area contributed by atoms with Crippen molar-refractivity contribution in [1.82, 2.24) is 0 Å². The summed E-state index contributed by atoms with van der Waals surface area (Å²) in [6.07, 6.45) is 3.15. The Morgan fingerprint density at radius 1 is 1.19 bits per heavy atom. The van der Waals surface area contributed by atoms with E-state index in [-0.39, 0.29) is 5.54 Å². The van der Waals surface area contributed by atoms with E-state index < -0.39 is 0 Å². The van der Waals surface area contributed by atoms with E-state index in [9.17, 15) is 5.11 Å². The Bertz CT molecular complexity index is 421. The quantitative estimate of drug-likeness (QED) is 0.876. The highest BCUT2D eigenvalue weighted by Gasteiger charge is 2.39. The SMILES string of the molecule is Cc1c(C)c(CC2(N)CC2)c(C)c(Br)c1O. The van der Waals surface area contributed by atoms with Gasteiger partial charge in [0.1, 0.15) is 5.75 Å². The van der Waals surface area contributed by atoms with Gasteiger partial charge in [-0.05, 0) is 78.2 Å². The average Bonchev–Trinajstić information content (AvgIpc) is 2.98. The van der Waals surface area contributed by atoms with E-state index in [2.05, 4.69) is 22.9 Å². The number of hydrogen-bond acceptors (Lipinski definition) is 2. The second-order valence-electron chi connectivity index (χ2n) is 5.06. The van der Waals surface area contributed by atoms with Gasteiger partial charge in [-0.15, -0.1) is 0 Å². The van der Waals surface area contributed by atoms with E-state index in [1.165, 1.54) is 11.1 Å². The number of phenolic OH excluding ortho intramolecular Hbond substituents is 1. The molecule has 1 fully saturated rings. The van der Waals surface area contributed by atoms with E-state index in [1.807, 2.05) is 13.8 Å². The first-order chi connectivity index (χ1) is 7.36. The molecule has 1 aliphatic carbocycles. The molecule has 16 heavy (non-hydrogen) atoms. The predicted molar refractivity (Wildman–Crippen MR) is 69.9 cm³/mol. The van der Waals surface area contributed by atoms with Crippen molar-refractivity contribution >= 4 is 15.9 Å².